The molecule has 2 aliphatic carbocycles. The molecule has 0 radical (unpaired) electrons. The van der Waals surface area contributed by atoms with Crippen molar-refractivity contribution in [1.29, 1.82) is 0 Å². The Balaban J connectivity index is 1.29. The monoisotopic (exact) mass is 440 g/mol. The molecule has 176 valence electrons. The molecule has 5 nitrogen and oxygen atoms in total. The number of rotatable bonds is 5. The highest BCUT2D eigenvalue weighted by molar-refractivity contribution is 5.81. The number of amides is 2. The highest BCUT2D eigenvalue weighted by atomic mass is 16.5. The molecule has 0 unspecified atom stereocenters. The number of methoxy groups -OCH3 is 1. The molecular formula is C27H40N2O3. The molecule has 1 aliphatic heterocycles. The summed E-state index contributed by atoms with van der Waals surface area (Å²) in [6, 6.07) is 6.88. The van der Waals surface area contributed by atoms with E-state index in [-0.39, 0.29) is 23.3 Å². The van der Waals surface area contributed by atoms with Crippen molar-refractivity contribution in [2.24, 2.45) is 11.3 Å². The van der Waals surface area contributed by atoms with E-state index < -0.39 is 0 Å². The molecule has 1 heterocycles. The minimum atomic E-state index is 0.0880. The number of piperidine rings is 1. The van der Waals surface area contributed by atoms with Crippen LogP contribution in [0.1, 0.15) is 89.7 Å². The van der Waals surface area contributed by atoms with Gasteiger partial charge >= 0.3 is 0 Å². The second-order valence-corrected chi connectivity index (χ2v) is 11.4. The molecule has 2 saturated carbocycles. The fraction of sp³-hybridized carbons (Fsp3) is 0.704. The van der Waals surface area contributed by atoms with Crippen molar-refractivity contribution in [3.05, 3.63) is 29.3 Å². The summed E-state index contributed by atoms with van der Waals surface area (Å²) in [5.41, 5.74) is 3.25. The second-order valence-electron chi connectivity index (χ2n) is 11.4. The van der Waals surface area contributed by atoms with Crippen LogP contribution in [0, 0.1) is 11.3 Å². The first-order valence-corrected chi connectivity index (χ1v) is 12.4. The topological polar surface area (TPSA) is 58.6 Å². The normalized spacial score (nSPS) is 25.1. The Bertz CT molecular complexity index is 850. The SMILES string of the molecule is CCC(=O)NC1CC(C(=O)N2CCC3(CC2)CC(c2cc(C(C)(C)C)ccc2OC)C3)C1. The lowest BCUT2D eigenvalue weighted by Crippen LogP contribution is -2.53. The van der Waals surface area contributed by atoms with Crippen molar-refractivity contribution in [2.45, 2.75) is 90.0 Å². The number of ether oxygens (including phenoxy) is 1. The Hall–Kier alpha value is -2.04. The maximum absolute atomic E-state index is 12.9. The van der Waals surface area contributed by atoms with E-state index >= 15 is 0 Å². The summed E-state index contributed by atoms with van der Waals surface area (Å²) in [6.45, 7) is 10.4. The summed E-state index contributed by atoms with van der Waals surface area (Å²) < 4.78 is 5.70. The van der Waals surface area contributed by atoms with E-state index in [0.717, 1.165) is 44.5 Å². The van der Waals surface area contributed by atoms with E-state index in [9.17, 15) is 9.59 Å². The first kappa shape index (κ1) is 23.1. The fourth-order valence-corrected chi connectivity index (χ4v) is 5.86. The minimum Gasteiger partial charge on any atom is -0.496 e. The van der Waals surface area contributed by atoms with Gasteiger partial charge in [0.15, 0.2) is 0 Å². The van der Waals surface area contributed by atoms with Gasteiger partial charge in [0.25, 0.3) is 0 Å². The number of carbonyl (C=O) groups excluding carboxylic acids is 2. The van der Waals surface area contributed by atoms with Crippen LogP contribution in [0.15, 0.2) is 18.2 Å². The maximum atomic E-state index is 12.9. The predicted molar refractivity (Wildman–Crippen MR) is 127 cm³/mol. The van der Waals surface area contributed by atoms with Crippen LogP contribution in [0.5, 0.6) is 5.75 Å². The molecule has 0 aromatic heterocycles. The molecule has 1 aromatic carbocycles. The van der Waals surface area contributed by atoms with E-state index in [2.05, 4.69) is 49.2 Å². The average Bonchev–Trinajstić information content (AvgIpc) is 2.72. The zero-order valence-corrected chi connectivity index (χ0v) is 20.5. The van der Waals surface area contributed by atoms with Crippen molar-refractivity contribution < 1.29 is 14.3 Å². The quantitative estimate of drug-likeness (QED) is 0.717. The van der Waals surface area contributed by atoms with Gasteiger partial charge in [0, 0.05) is 31.5 Å². The number of carbonyl (C=O) groups is 2. The van der Waals surface area contributed by atoms with Gasteiger partial charge in [0.2, 0.25) is 11.8 Å². The number of nitrogens with zero attached hydrogens (tertiary/aromatic N) is 1. The van der Waals surface area contributed by atoms with Crippen molar-refractivity contribution in [2.75, 3.05) is 20.2 Å². The Labute approximate surface area is 193 Å². The lowest BCUT2D eigenvalue weighted by molar-refractivity contribution is -0.143. The Kier molecular flexibility index (Phi) is 6.30. The van der Waals surface area contributed by atoms with Crippen LogP contribution in [0.3, 0.4) is 0 Å². The summed E-state index contributed by atoms with van der Waals surface area (Å²) in [5, 5.41) is 3.01. The van der Waals surface area contributed by atoms with Gasteiger partial charge in [-0.25, -0.2) is 0 Å². The molecule has 2 amide bonds. The molecule has 5 heteroatoms. The third kappa shape index (κ3) is 4.53. The van der Waals surface area contributed by atoms with Crippen LogP contribution in [-0.2, 0) is 15.0 Å². The predicted octanol–water partition coefficient (Wildman–Crippen LogP) is 4.78. The summed E-state index contributed by atoms with van der Waals surface area (Å²) in [5.74, 6) is 2.07. The van der Waals surface area contributed by atoms with E-state index in [1.165, 1.54) is 24.0 Å². The van der Waals surface area contributed by atoms with E-state index in [1.807, 2.05) is 6.92 Å². The van der Waals surface area contributed by atoms with E-state index in [1.54, 1.807) is 7.11 Å². The number of likely N-dealkylation sites (tertiary alicyclic amines) is 1. The number of hydrogen-bond donors (Lipinski definition) is 1. The third-order valence-electron chi connectivity index (χ3n) is 8.20. The smallest absolute Gasteiger partial charge is 0.225 e. The Morgan fingerprint density at radius 2 is 1.81 bits per heavy atom. The summed E-state index contributed by atoms with van der Waals surface area (Å²) in [7, 11) is 1.77. The zero-order chi connectivity index (χ0) is 23.1. The molecule has 0 bridgehead atoms. The largest absolute Gasteiger partial charge is 0.496 e. The van der Waals surface area contributed by atoms with Gasteiger partial charge in [-0.1, -0.05) is 39.8 Å². The van der Waals surface area contributed by atoms with Crippen LogP contribution in [0.2, 0.25) is 0 Å². The third-order valence-corrected chi connectivity index (χ3v) is 8.20. The molecule has 32 heavy (non-hydrogen) atoms. The molecule has 1 spiro atoms. The average molecular weight is 441 g/mol. The molecule has 0 atom stereocenters. The van der Waals surface area contributed by atoms with Gasteiger partial charge in [-0.3, -0.25) is 9.59 Å². The summed E-state index contributed by atoms with van der Waals surface area (Å²) >= 11 is 0. The Morgan fingerprint density at radius 3 is 2.38 bits per heavy atom. The van der Waals surface area contributed by atoms with Gasteiger partial charge in [-0.05, 0) is 72.5 Å². The van der Waals surface area contributed by atoms with Crippen LogP contribution in [0.25, 0.3) is 0 Å². The highest BCUT2D eigenvalue weighted by Gasteiger charge is 2.48. The van der Waals surface area contributed by atoms with Crippen molar-refractivity contribution in [3.63, 3.8) is 0 Å². The van der Waals surface area contributed by atoms with Crippen LogP contribution in [-0.4, -0.2) is 43.0 Å². The van der Waals surface area contributed by atoms with E-state index in [4.69, 9.17) is 4.74 Å². The maximum Gasteiger partial charge on any atom is 0.225 e. The van der Waals surface area contributed by atoms with Crippen LogP contribution < -0.4 is 10.1 Å². The zero-order valence-electron chi connectivity index (χ0n) is 20.5. The molecular weight excluding hydrogens is 400 g/mol. The minimum absolute atomic E-state index is 0.0880. The van der Waals surface area contributed by atoms with Gasteiger partial charge in [0.1, 0.15) is 5.75 Å². The van der Waals surface area contributed by atoms with Crippen molar-refractivity contribution in [3.8, 4) is 5.75 Å². The molecule has 3 aliphatic rings. The van der Waals surface area contributed by atoms with Gasteiger partial charge in [0.05, 0.1) is 7.11 Å². The number of nitrogens with one attached hydrogen (secondary N) is 1. The first-order valence-electron chi connectivity index (χ1n) is 12.4. The lowest BCUT2D eigenvalue weighted by Gasteiger charge is -2.53. The van der Waals surface area contributed by atoms with Crippen LogP contribution >= 0.6 is 0 Å². The first-order chi connectivity index (χ1) is 15.1. The number of benzene rings is 1. The van der Waals surface area contributed by atoms with Gasteiger partial charge in [-0.15, -0.1) is 0 Å². The molecule has 3 fully saturated rings. The van der Waals surface area contributed by atoms with Gasteiger partial charge in [-0.2, -0.15) is 0 Å². The second kappa shape index (κ2) is 8.72. The highest BCUT2D eigenvalue weighted by Crippen LogP contribution is 2.58. The van der Waals surface area contributed by atoms with E-state index in [0.29, 0.717) is 23.7 Å². The molecule has 1 saturated heterocycles. The van der Waals surface area contributed by atoms with Gasteiger partial charge < -0.3 is 15.0 Å². The summed E-state index contributed by atoms with van der Waals surface area (Å²) in [6.07, 6.45) is 6.74. The standard InChI is InChI=1S/C27H40N2O3/c1-6-24(30)28-21-13-18(14-21)25(31)29-11-9-27(10-12-29)16-19(17-27)22-15-20(26(2,3)4)7-8-23(22)32-5/h7-8,15,18-19,21H,6,9-14,16-17H2,1-5H3,(H,28,30). The van der Waals surface area contributed by atoms with Crippen LogP contribution in [0.4, 0.5) is 0 Å². The molecule has 4 rings (SSSR count). The molecule has 1 N–H and O–H groups in total. The number of hydrogen-bond acceptors (Lipinski definition) is 3. The van der Waals surface area contributed by atoms with Crippen molar-refractivity contribution >= 4 is 11.8 Å². The Morgan fingerprint density at radius 1 is 1.16 bits per heavy atom. The lowest BCUT2D eigenvalue weighted by atomic mass is 9.55. The van der Waals surface area contributed by atoms with Crippen molar-refractivity contribution in [1.82, 2.24) is 10.2 Å². The fourth-order valence-electron chi connectivity index (χ4n) is 5.86. The molecule has 1 aromatic rings. The summed E-state index contributed by atoms with van der Waals surface area (Å²) in [4.78, 5) is 26.5.